The molecule has 0 heterocycles. The minimum atomic E-state index is -3.42. The normalized spacial score (nSPS) is 15.6. The number of rotatable bonds is 8. The smallest absolute Gasteiger partial charge is 0.240 e. The van der Waals surface area contributed by atoms with Crippen LogP contribution < -0.4 is 4.72 Å². The lowest BCUT2D eigenvalue weighted by Gasteiger charge is -2.07. The van der Waals surface area contributed by atoms with E-state index < -0.39 is 10.0 Å². The second-order valence-corrected chi connectivity index (χ2v) is 7.02. The van der Waals surface area contributed by atoms with Crippen LogP contribution in [0, 0.1) is 5.92 Å². The molecule has 1 aromatic rings. The lowest BCUT2D eigenvalue weighted by Crippen LogP contribution is -2.27. The summed E-state index contributed by atoms with van der Waals surface area (Å²) < 4.78 is 31.9. The Balaban J connectivity index is 1.78. The van der Waals surface area contributed by atoms with Crippen LogP contribution in [0.3, 0.4) is 0 Å². The number of benzene rings is 1. The topological polar surface area (TPSA) is 55.4 Å². The van der Waals surface area contributed by atoms with E-state index in [0.717, 1.165) is 17.5 Å². The van der Waals surface area contributed by atoms with E-state index in [-0.39, 0.29) is 0 Å². The van der Waals surface area contributed by atoms with Gasteiger partial charge in [-0.25, -0.2) is 13.1 Å². The Hall–Kier alpha value is -0.430. The Morgan fingerprint density at radius 3 is 2.53 bits per heavy atom. The van der Waals surface area contributed by atoms with E-state index >= 15 is 0 Å². The van der Waals surface area contributed by atoms with Crippen LogP contribution in [0.4, 0.5) is 0 Å². The van der Waals surface area contributed by atoms with Crippen molar-refractivity contribution >= 4 is 26.0 Å². The van der Waals surface area contributed by atoms with Crippen molar-refractivity contribution in [3.05, 3.63) is 29.8 Å². The molecule has 0 aromatic heterocycles. The van der Waals surface area contributed by atoms with Gasteiger partial charge in [-0.3, -0.25) is 0 Å². The number of halogens is 1. The van der Waals surface area contributed by atoms with Crippen molar-refractivity contribution in [3.63, 3.8) is 0 Å². The molecule has 1 aromatic carbocycles. The molecule has 0 aliphatic heterocycles. The van der Waals surface area contributed by atoms with Crippen molar-refractivity contribution in [1.82, 2.24) is 4.72 Å². The zero-order valence-corrected chi connectivity index (χ0v) is 13.0. The first-order valence-electron chi connectivity index (χ1n) is 6.34. The third kappa shape index (κ3) is 4.87. The largest absolute Gasteiger partial charge is 0.380 e. The van der Waals surface area contributed by atoms with E-state index in [1.165, 1.54) is 12.8 Å². The van der Waals surface area contributed by atoms with Crippen LogP contribution in [0.2, 0.25) is 0 Å². The number of nitrogens with one attached hydrogen (secondary N) is 1. The van der Waals surface area contributed by atoms with Gasteiger partial charge < -0.3 is 4.74 Å². The summed E-state index contributed by atoms with van der Waals surface area (Å²) in [6.07, 6.45) is 2.48. The molecule has 0 saturated heterocycles. The predicted octanol–water partition coefficient (Wildman–Crippen LogP) is 2.29. The first-order chi connectivity index (χ1) is 9.12. The SMILES string of the molecule is O=S(=O)(NCCOCC1CC1)c1ccc(CBr)cc1. The molecule has 6 heteroatoms. The highest BCUT2D eigenvalue weighted by Gasteiger charge is 2.21. The van der Waals surface area contributed by atoms with Crippen molar-refractivity contribution in [2.45, 2.75) is 23.1 Å². The number of sulfonamides is 1. The average Bonchev–Trinajstić information content (AvgIpc) is 3.22. The van der Waals surface area contributed by atoms with Crippen molar-refractivity contribution in [1.29, 1.82) is 0 Å². The molecule has 2 rings (SSSR count). The summed E-state index contributed by atoms with van der Waals surface area (Å²) in [5.41, 5.74) is 1.05. The highest BCUT2D eigenvalue weighted by Crippen LogP contribution is 2.28. The number of alkyl halides is 1. The highest BCUT2D eigenvalue weighted by atomic mass is 79.9. The van der Waals surface area contributed by atoms with Gasteiger partial charge in [-0.1, -0.05) is 28.1 Å². The first kappa shape index (κ1) is 15.0. The minimum Gasteiger partial charge on any atom is -0.380 e. The maximum atomic E-state index is 12.0. The van der Waals surface area contributed by atoms with Gasteiger partial charge in [0.15, 0.2) is 0 Å². The number of hydrogen-bond donors (Lipinski definition) is 1. The molecule has 1 aliphatic rings. The third-order valence-corrected chi connectivity index (χ3v) is 5.10. The fourth-order valence-electron chi connectivity index (χ4n) is 1.62. The summed E-state index contributed by atoms with van der Waals surface area (Å²) in [5.74, 6) is 0.702. The molecular weight excluding hydrogens is 330 g/mol. The molecule has 1 fully saturated rings. The lowest BCUT2D eigenvalue weighted by atomic mass is 10.2. The monoisotopic (exact) mass is 347 g/mol. The van der Waals surface area contributed by atoms with Crippen molar-refractivity contribution in [2.75, 3.05) is 19.8 Å². The van der Waals surface area contributed by atoms with E-state index in [0.29, 0.717) is 24.0 Å². The maximum absolute atomic E-state index is 12.0. The van der Waals surface area contributed by atoms with Crippen LogP contribution in [-0.4, -0.2) is 28.2 Å². The zero-order chi connectivity index (χ0) is 13.7. The van der Waals surface area contributed by atoms with Gasteiger partial charge in [0.05, 0.1) is 11.5 Å². The molecule has 0 spiro atoms. The maximum Gasteiger partial charge on any atom is 0.240 e. The molecule has 0 atom stereocenters. The van der Waals surface area contributed by atoms with Gasteiger partial charge in [-0.15, -0.1) is 0 Å². The molecule has 1 aliphatic carbocycles. The molecule has 4 nitrogen and oxygen atoms in total. The van der Waals surface area contributed by atoms with Gasteiger partial charge in [0.1, 0.15) is 0 Å². The Morgan fingerprint density at radius 2 is 1.95 bits per heavy atom. The van der Waals surface area contributed by atoms with Gasteiger partial charge >= 0.3 is 0 Å². The Kier molecular flexibility index (Phi) is 5.38. The predicted molar refractivity (Wildman–Crippen MR) is 77.8 cm³/mol. The molecule has 0 bridgehead atoms. The highest BCUT2D eigenvalue weighted by molar-refractivity contribution is 9.08. The summed E-state index contributed by atoms with van der Waals surface area (Å²) >= 11 is 3.33. The van der Waals surface area contributed by atoms with Crippen LogP contribution >= 0.6 is 15.9 Å². The molecule has 0 radical (unpaired) electrons. The quantitative estimate of drug-likeness (QED) is 0.579. The Labute approximate surface area is 122 Å². The summed E-state index contributed by atoms with van der Waals surface area (Å²) in [5, 5.41) is 0.718. The van der Waals surface area contributed by atoms with Crippen molar-refractivity contribution in [3.8, 4) is 0 Å². The van der Waals surface area contributed by atoms with E-state index in [9.17, 15) is 8.42 Å². The Bertz CT molecular complexity index is 497. The van der Waals surface area contributed by atoms with Gasteiger partial charge in [-0.2, -0.15) is 0 Å². The van der Waals surface area contributed by atoms with Gasteiger partial charge in [-0.05, 0) is 36.5 Å². The van der Waals surface area contributed by atoms with Gasteiger partial charge in [0.2, 0.25) is 10.0 Å². The molecule has 1 N–H and O–H groups in total. The molecular formula is C13H18BrNO3S. The molecule has 19 heavy (non-hydrogen) atoms. The molecule has 0 unspecified atom stereocenters. The summed E-state index contributed by atoms with van der Waals surface area (Å²) in [6, 6.07) is 6.83. The van der Waals surface area contributed by atoms with Crippen LogP contribution in [0.5, 0.6) is 0 Å². The van der Waals surface area contributed by atoms with Gasteiger partial charge in [0, 0.05) is 18.5 Å². The average molecular weight is 348 g/mol. The van der Waals surface area contributed by atoms with Crippen LogP contribution in [0.15, 0.2) is 29.2 Å². The minimum absolute atomic E-state index is 0.291. The van der Waals surface area contributed by atoms with Gasteiger partial charge in [0.25, 0.3) is 0 Å². The second kappa shape index (κ2) is 6.83. The molecule has 1 saturated carbocycles. The van der Waals surface area contributed by atoms with Crippen LogP contribution in [-0.2, 0) is 20.1 Å². The Morgan fingerprint density at radius 1 is 1.26 bits per heavy atom. The van der Waals surface area contributed by atoms with E-state index in [1.807, 2.05) is 0 Å². The van der Waals surface area contributed by atoms with Crippen LogP contribution in [0.25, 0.3) is 0 Å². The fraction of sp³-hybridized carbons (Fsp3) is 0.538. The van der Waals surface area contributed by atoms with Crippen LogP contribution in [0.1, 0.15) is 18.4 Å². The standard InChI is InChI=1S/C13H18BrNO3S/c14-9-11-3-5-13(6-4-11)19(16,17)15-7-8-18-10-12-1-2-12/h3-6,12,15H,1-2,7-10H2. The zero-order valence-electron chi connectivity index (χ0n) is 10.6. The summed E-state index contributed by atoms with van der Waals surface area (Å²) in [4.78, 5) is 0.291. The number of ether oxygens (including phenoxy) is 1. The van der Waals surface area contributed by atoms with E-state index in [1.54, 1.807) is 24.3 Å². The molecule has 0 amide bonds. The van der Waals surface area contributed by atoms with E-state index in [4.69, 9.17) is 4.74 Å². The summed E-state index contributed by atoms with van der Waals surface area (Å²) in [7, 11) is -3.42. The second-order valence-electron chi connectivity index (χ2n) is 4.69. The first-order valence-corrected chi connectivity index (χ1v) is 8.94. The fourth-order valence-corrected chi connectivity index (χ4v) is 3.01. The molecule has 106 valence electrons. The van der Waals surface area contributed by atoms with E-state index in [2.05, 4.69) is 20.7 Å². The summed E-state index contributed by atoms with van der Waals surface area (Å²) in [6.45, 7) is 1.49. The van der Waals surface area contributed by atoms with Crippen molar-refractivity contribution < 1.29 is 13.2 Å². The third-order valence-electron chi connectivity index (χ3n) is 2.98. The lowest BCUT2D eigenvalue weighted by molar-refractivity contribution is 0.129. The van der Waals surface area contributed by atoms with Crippen molar-refractivity contribution in [2.24, 2.45) is 5.92 Å². The number of hydrogen-bond acceptors (Lipinski definition) is 3.